The van der Waals surface area contributed by atoms with E-state index in [0.717, 1.165) is 12.1 Å². The molecule has 1 fully saturated rings. The number of ether oxygens (including phenoxy) is 1. The zero-order valence-electron chi connectivity index (χ0n) is 9.31. The van der Waals surface area contributed by atoms with E-state index in [4.69, 9.17) is 16.3 Å². The van der Waals surface area contributed by atoms with Crippen molar-refractivity contribution in [3.8, 4) is 0 Å². The Labute approximate surface area is 107 Å². The topological polar surface area (TPSA) is 9.23 Å². The van der Waals surface area contributed by atoms with E-state index in [1.165, 1.54) is 0 Å². The van der Waals surface area contributed by atoms with Crippen LogP contribution in [0.3, 0.4) is 0 Å². The van der Waals surface area contributed by atoms with Crippen LogP contribution in [0.1, 0.15) is 30.1 Å². The van der Waals surface area contributed by atoms with E-state index in [2.05, 4.69) is 0 Å². The molecule has 1 aromatic carbocycles. The van der Waals surface area contributed by atoms with Gasteiger partial charge in [-0.15, -0.1) is 11.6 Å². The lowest BCUT2D eigenvalue weighted by molar-refractivity contribution is -0.137. The van der Waals surface area contributed by atoms with Gasteiger partial charge in [-0.3, -0.25) is 0 Å². The zero-order valence-corrected chi connectivity index (χ0v) is 10.1. The van der Waals surface area contributed by atoms with Gasteiger partial charge in [0.2, 0.25) is 0 Å². The van der Waals surface area contributed by atoms with E-state index in [9.17, 15) is 17.6 Å². The molecule has 2 atom stereocenters. The van der Waals surface area contributed by atoms with Crippen molar-refractivity contribution in [2.24, 2.45) is 0 Å². The number of rotatable bonds is 1. The molecule has 0 N–H and O–H groups in total. The van der Waals surface area contributed by atoms with Crippen LogP contribution in [0, 0.1) is 5.82 Å². The van der Waals surface area contributed by atoms with Crippen molar-refractivity contribution in [2.45, 2.75) is 30.5 Å². The fraction of sp³-hybridized carbons (Fsp3) is 0.500. The van der Waals surface area contributed by atoms with E-state index in [1.54, 1.807) is 0 Å². The maximum Gasteiger partial charge on any atom is 0.416 e. The molecule has 6 heteroatoms. The predicted octanol–water partition coefficient (Wildman–Crippen LogP) is 4.30. The molecule has 1 heterocycles. The molecule has 0 spiro atoms. The summed E-state index contributed by atoms with van der Waals surface area (Å²) in [6.07, 6.45) is -4.09. The lowest BCUT2D eigenvalue weighted by atomic mass is 9.99. The molecule has 0 amide bonds. The highest BCUT2D eigenvalue weighted by Crippen LogP contribution is 2.35. The van der Waals surface area contributed by atoms with Crippen LogP contribution in [-0.2, 0) is 10.9 Å². The Balaban J connectivity index is 2.30. The summed E-state index contributed by atoms with van der Waals surface area (Å²) in [4.78, 5) is 0. The molecule has 1 aliphatic heterocycles. The van der Waals surface area contributed by atoms with Gasteiger partial charge >= 0.3 is 6.18 Å². The highest BCUT2D eigenvalue weighted by atomic mass is 35.5. The van der Waals surface area contributed by atoms with Crippen molar-refractivity contribution in [2.75, 3.05) is 6.61 Å². The van der Waals surface area contributed by atoms with E-state index in [-0.39, 0.29) is 10.9 Å². The molecule has 1 aliphatic rings. The Hall–Kier alpha value is -0.810. The summed E-state index contributed by atoms with van der Waals surface area (Å²) in [6.45, 7) is 0.372. The summed E-state index contributed by atoms with van der Waals surface area (Å²) in [5.41, 5.74) is -0.814. The number of hydrogen-bond acceptors (Lipinski definition) is 1. The van der Waals surface area contributed by atoms with Crippen LogP contribution in [0.2, 0.25) is 0 Å². The number of hydrogen-bond donors (Lipinski definition) is 0. The molecule has 18 heavy (non-hydrogen) atoms. The molecule has 1 saturated heterocycles. The fourth-order valence-corrected chi connectivity index (χ4v) is 2.20. The highest BCUT2D eigenvalue weighted by molar-refractivity contribution is 6.20. The molecule has 0 aliphatic carbocycles. The van der Waals surface area contributed by atoms with Crippen molar-refractivity contribution in [3.63, 3.8) is 0 Å². The Morgan fingerprint density at radius 3 is 2.56 bits per heavy atom. The van der Waals surface area contributed by atoms with E-state index in [1.807, 2.05) is 0 Å². The second kappa shape index (κ2) is 5.05. The minimum Gasteiger partial charge on any atom is -0.373 e. The maximum absolute atomic E-state index is 13.2. The number of benzene rings is 1. The summed E-state index contributed by atoms with van der Waals surface area (Å²) >= 11 is 5.93. The van der Waals surface area contributed by atoms with Gasteiger partial charge in [0.15, 0.2) is 0 Å². The molecule has 0 radical (unpaired) electrons. The molecular weight excluding hydrogens is 272 g/mol. The minimum absolute atomic E-state index is 0.152. The third-order valence-electron chi connectivity index (χ3n) is 2.84. The first kappa shape index (κ1) is 13.6. The molecule has 2 rings (SSSR count). The number of alkyl halides is 4. The largest absolute Gasteiger partial charge is 0.416 e. The molecule has 1 nitrogen and oxygen atoms in total. The SMILES string of the molecule is Fc1cc(C2CC(Cl)CCO2)cc(C(F)(F)F)c1. The first-order chi connectivity index (χ1) is 8.36. The van der Waals surface area contributed by atoms with Gasteiger partial charge in [-0.05, 0) is 36.6 Å². The second-order valence-corrected chi connectivity index (χ2v) is 4.87. The normalized spacial score (nSPS) is 25.2. The van der Waals surface area contributed by atoms with Gasteiger partial charge in [0, 0.05) is 12.0 Å². The van der Waals surface area contributed by atoms with E-state index >= 15 is 0 Å². The first-order valence-corrected chi connectivity index (χ1v) is 5.93. The quantitative estimate of drug-likeness (QED) is 0.551. The fourth-order valence-electron chi connectivity index (χ4n) is 1.95. The summed E-state index contributed by atoms with van der Waals surface area (Å²) in [7, 11) is 0. The van der Waals surface area contributed by atoms with Crippen molar-refractivity contribution in [1.82, 2.24) is 0 Å². The summed E-state index contributed by atoms with van der Waals surface area (Å²) < 4.78 is 56.2. The van der Waals surface area contributed by atoms with Gasteiger partial charge in [-0.25, -0.2) is 4.39 Å². The van der Waals surface area contributed by atoms with Crippen molar-refractivity contribution >= 4 is 11.6 Å². The molecule has 1 aromatic rings. The molecule has 2 unspecified atom stereocenters. The third kappa shape index (κ3) is 3.14. The van der Waals surface area contributed by atoms with Crippen LogP contribution in [-0.4, -0.2) is 12.0 Å². The van der Waals surface area contributed by atoms with Gasteiger partial charge in [0.1, 0.15) is 5.82 Å². The van der Waals surface area contributed by atoms with E-state index < -0.39 is 23.7 Å². The third-order valence-corrected chi connectivity index (χ3v) is 3.24. The van der Waals surface area contributed by atoms with Crippen LogP contribution in [0.25, 0.3) is 0 Å². The predicted molar refractivity (Wildman–Crippen MR) is 59.0 cm³/mol. The Morgan fingerprint density at radius 1 is 1.22 bits per heavy atom. The molecular formula is C12H11ClF4O. The van der Waals surface area contributed by atoms with Gasteiger partial charge < -0.3 is 4.74 Å². The van der Waals surface area contributed by atoms with Gasteiger partial charge in [0.25, 0.3) is 0 Å². The van der Waals surface area contributed by atoms with Crippen molar-refractivity contribution in [3.05, 3.63) is 35.1 Å². The molecule has 0 saturated carbocycles. The average Bonchev–Trinajstić information content (AvgIpc) is 2.27. The van der Waals surface area contributed by atoms with Crippen molar-refractivity contribution in [1.29, 1.82) is 0 Å². The van der Waals surface area contributed by atoms with Crippen LogP contribution in [0.15, 0.2) is 18.2 Å². The summed E-state index contributed by atoms with van der Waals surface area (Å²) in [6, 6.07) is 2.46. The van der Waals surface area contributed by atoms with Crippen LogP contribution >= 0.6 is 11.6 Å². The lowest BCUT2D eigenvalue weighted by Gasteiger charge is -2.26. The summed E-state index contributed by atoms with van der Waals surface area (Å²) in [5.74, 6) is -0.917. The lowest BCUT2D eigenvalue weighted by Crippen LogP contribution is -2.20. The van der Waals surface area contributed by atoms with Gasteiger partial charge in [-0.1, -0.05) is 0 Å². The average molecular weight is 283 g/mol. The Kier molecular flexibility index (Phi) is 3.82. The maximum atomic E-state index is 13.2. The zero-order chi connectivity index (χ0) is 13.3. The van der Waals surface area contributed by atoms with E-state index in [0.29, 0.717) is 25.5 Å². The Bertz CT molecular complexity index is 433. The smallest absolute Gasteiger partial charge is 0.373 e. The molecule has 0 bridgehead atoms. The van der Waals surface area contributed by atoms with Gasteiger partial charge in [-0.2, -0.15) is 13.2 Å². The molecule has 0 aromatic heterocycles. The minimum atomic E-state index is -4.56. The van der Waals surface area contributed by atoms with Crippen LogP contribution < -0.4 is 0 Å². The van der Waals surface area contributed by atoms with Crippen LogP contribution in [0.4, 0.5) is 17.6 Å². The Morgan fingerprint density at radius 2 is 1.94 bits per heavy atom. The first-order valence-electron chi connectivity index (χ1n) is 5.49. The summed E-state index contributed by atoms with van der Waals surface area (Å²) in [5, 5.41) is -0.152. The molecule has 100 valence electrons. The standard InChI is InChI=1S/C12H11ClF4O/c13-9-1-2-18-11(6-9)7-3-8(12(15,16)17)5-10(14)4-7/h3-5,9,11H,1-2,6H2. The number of halogens is 5. The van der Waals surface area contributed by atoms with Crippen LogP contribution in [0.5, 0.6) is 0 Å². The van der Waals surface area contributed by atoms with Crippen molar-refractivity contribution < 1.29 is 22.3 Å². The monoisotopic (exact) mass is 282 g/mol. The second-order valence-electron chi connectivity index (χ2n) is 4.25. The van der Waals surface area contributed by atoms with Gasteiger partial charge in [0.05, 0.1) is 11.7 Å². The highest BCUT2D eigenvalue weighted by Gasteiger charge is 2.33.